The first-order valence-electron chi connectivity index (χ1n) is 8.59. The number of benzene rings is 2. The van der Waals surface area contributed by atoms with Gasteiger partial charge >= 0.3 is 0 Å². The fraction of sp³-hybridized carbons (Fsp3) is 0.211. The number of carbonyl (C=O) groups is 1. The molecular formula is C19H20ClN5OS2. The van der Waals surface area contributed by atoms with Gasteiger partial charge in [0.05, 0.1) is 10.8 Å². The van der Waals surface area contributed by atoms with Crippen molar-refractivity contribution in [1.82, 2.24) is 20.2 Å². The van der Waals surface area contributed by atoms with Crippen LogP contribution in [-0.2, 0) is 4.79 Å². The Morgan fingerprint density at radius 3 is 2.64 bits per heavy atom. The summed E-state index contributed by atoms with van der Waals surface area (Å²) in [5.41, 5.74) is 1.93. The van der Waals surface area contributed by atoms with Crippen molar-refractivity contribution in [3.63, 3.8) is 0 Å². The SMILES string of the molecule is Cc1ccc(SCCNC(=O)CSc2nnc(-c3ccccc3Cl)n2N)cc1. The standard InChI is InChI=1S/C19H20ClN5OS2/c1-13-6-8-14(9-7-13)27-11-10-22-17(26)12-28-19-24-23-18(25(19)21)15-4-2-3-5-16(15)20/h2-9H,10-12,21H2,1H3,(H,22,26). The Hall–Kier alpha value is -2.16. The maximum atomic E-state index is 12.1. The molecule has 1 heterocycles. The van der Waals surface area contributed by atoms with E-state index in [0.717, 1.165) is 5.75 Å². The second kappa shape index (κ2) is 9.86. The maximum absolute atomic E-state index is 12.1. The molecule has 0 aliphatic carbocycles. The highest BCUT2D eigenvalue weighted by Gasteiger charge is 2.15. The van der Waals surface area contributed by atoms with Crippen LogP contribution in [0.4, 0.5) is 0 Å². The van der Waals surface area contributed by atoms with Gasteiger partial charge in [-0.2, -0.15) is 0 Å². The largest absolute Gasteiger partial charge is 0.355 e. The van der Waals surface area contributed by atoms with E-state index < -0.39 is 0 Å². The van der Waals surface area contributed by atoms with E-state index in [1.165, 1.54) is 26.9 Å². The summed E-state index contributed by atoms with van der Waals surface area (Å²) in [5, 5.41) is 12.0. The Balaban J connectivity index is 1.45. The molecule has 2 aromatic carbocycles. The van der Waals surface area contributed by atoms with Crippen LogP contribution in [0.5, 0.6) is 0 Å². The number of carbonyl (C=O) groups excluding carboxylic acids is 1. The number of nitrogens with one attached hydrogen (secondary N) is 1. The summed E-state index contributed by atoms with van der Waals surface area (Å²) in [4.78, 5) is 13.2. The van der Waals surface area contributed by atoms with Crippen LogP contribution in [0.1, 0.15) is 5.56 Å². The van der Waals surface area contributed by atoms with E-state index >= 15 is 0 Å². The van der Waals surface area contributed by atoms with E-state index in [4.69, 9.17) is 17.4 Å². The number of hydrogen-bond donors (Lipinski definition) is 2. The molecule has 0 atom stereocenters. The number of nitrogens with two attached hydrogens (primary N) is 1. The Bertz CT molecular complexity index is 946. The van der Waals surface area contributed by atoms with Crippen molar-refractivity contribution in [1.29, 1.82) is 0 Å². The lowest BCUT2D eigenvalue weighted by atomic mass is 10.2. The molecule has 3 rings (SSSR count). The van der Waals surface area contributed by atoms with Gasteiger partial charge in [0.25, 0.3) is 0 Å². The molecule has 9 heteroatoms. The molecule has 28 heavy (non-hydrogen) atoms. The number of nitrogen functional groups attached to an aromatic ring is 1. The minimum Gasteiger partial charge on any atom is -0.355 e. The van der Waals surface area contributed by atoms with Crippen LogP contribution in [-0.4, -0.2) is 38.8 Å². The van der Waals surface area contributed by atoms with Gasteiger partial charge in [0, 0.05) is 22.8 Å². The van der Waals surface area contributed by atoms with E-state index in [-0.39, 0.29) is 11.7 Å². The molecule has 0 radical (unpaired) electrons. The van der Waals surface area contributed by atoms with Gasteiger partial charge in [-0.25, -0.2) is 4.68 Å². The molecule has 0 saturated heterocycles. The Labute approximate surface area is 177 Å². The smallest absolute Gasteiger partial charge is 0.230 e. The maximum Gasteiger partial charge on any atom is 0.230 e. The fourth-order valence-corrected chi connectivity index (χ4v) is 4.05. The lowest BCUT2D eigenvalue weighted by Crippen LogP contribution is -2.27. The number of halogens is 1. The topological polar surface area (TPSA) is 85.8 Å². The Morgan fingerprint density at radius 1 is 1.14 bits per heavy atom. The molecule has 0 fully saturated rings. The molecule has 0 spiro atoms. The van der Waals surface area contributed by atoms with Crippen molar-refractivity contribution < 1.29 is 4.79 Å². The highest BCUT2D eigenvalue weighted by molar-refractivity contribution is 7.99. The first-order valence-corrected chi connectivity index (χ1v) is 10.9. The zero-order chi connectivity index (χ0) is 19.9. The second-order valence-corrected chi connectivity index (χ2v) is 8.47. The van der Waals surface area contributed by atoms with Gasteiger partial charge in [0.15, 0.2) is 5.82 Å². The molecule has 0 bridgehead atoms. The summed E-state index contributed by atoms with van der Waals surface area (Å²) < 4.78 is 1.35. The molecule has 0 unspecified atom stereocenters. The van der Waals surface area contributed by atoms with Gasteiger partial charge in [-0.05, 0) is 31.2 Å². The number of aryl methyl sites for hydroxylation is 1. The summed E-state index contributed by atoms with van der Waals surface area (Å²) in [6, 6.07) is 15.6. The number of hydrogen-bond acceptors (Lipinski definition) is 6. The van der Waals surface area contributed by atoms with Crippen molar-refractivity contribution in [3.05, 3.63) is 59.1 Å². The molecule has 0 saturated carbocycles. The zero-order valence-electron chi connectivity index (χ0n) is 15.3. The summed E-state index contributed by atoms with van der Waals surface area (Å²) in [5.74, 6) is 7.48. The monoisotopic (exact) mass is 433 g/mol. The third kappa shape index (κ3) is 5.43. The average molecular weight is 434 g/mol. The van der Waals surface area contributed by atoms with E-state index in [2.05, 4.69) is 46.7 Å². The summed E-state index contributed by atoms with van der Waals surface area (Å²) in [7, 11) is 0. The highest BCUT2D eigenvalue weighted by atomic mass is 35.5. The predicted octanol–water partition coefficient (Wildman–Crippen LogP) is 3.62. The van der Waals surface area contributed by atoms with Crippen LogP contribution < -0.4 is 11.2 Å². The van der Waals surface area contributed by atoms with Gasteiger partial charge < -0.3 is 11.2 Å². The normalized spacial score (nSPS) is 10.8. The van der Waals surface area contributed by atoms with E-state index in [1.807, 2.05) is 18.2 Å². The Kier molecular flexibility index (Phi) is 7.24. The minimum absolute atomic E-state index is 0.0724. The fourth-order valence-electron chi connectivity index (χ4n) is 2.38. The molecule has 3 N–H and O–H groups in total. The van der Waals surface area contributed by atoms with Gasteiger partial charge in [-0.15, -0.1) is 22.0 Å². The quantitative estimate of drug-likeness (QED) is 0.320. The first-order chi connectivity index (χ1) is 13.5. The highest BCUT2D eigenvalue weighted by Crippen LogP contribution is 2.27. The molecule has 146 valence electrons. The molecule has 1 amide bonds. The van der Waals surface area contributed by atoms with Gasteiger partial charge in [0.1, 0.15) is 0 Å². The van der Waals surface area contributed by atoms with Crippen LogP contribution >= 0.6 is 35.1 Å². The van der Waals surface area contributed by atoms with Gasteiger partial charge in [-0.3, -0.25) is 4.79 Å². The third-order valence-corrected chi connectivity index (χ3v) is 6.11. The van der Waals surface area contributed by atoms with Gasteiger partial charge in [-0.1, -0.05) is 53.2 Å². The number of nitrogens with zero attached hydrogens (tertiary/aromatic N) is 3. The van der Waals surface area contributed by atoms with Crippen LogP contribution in [0.3, 0.4) is 0 Å². The molecule has 0 aliphatic heterocycles. The minimum atomic E-state index is -0.0724. The molecule has 0 aliphatic rings. The molecule has 6 nitrogen and oxygen atoms in total. The Morgan fingerprint density at radius 2 is 1.89 bits per heavy atom. The van der Waals surface area contributed by atoms with Crippen molar-refractivity contribution in [2.45, 2.75) is 17.0 Å². The van der Waals surface area contributed by atoms with Crippen molar-refractivity contribution in [3.8, 4) is 11.4 Å². The van der Waals surface area contributed by atoms with Crippen LogP contribution in [0, 0.1) is 6.92 Å². The summed E-state index contributed by atoms with van der Waals surface area (Å²) >= 11 is 9.13. The van der Waals surface area contributed by atoms with Crippen LogP contribution in [0.25, 0.3) is 11.4 Å². The van der Waals surface area contributed by atoms with Crippen molar-refractivity contribution in [2.24, 2.45) is 0 Å². The average Bonchev–Trinajstić information content (AvgIpc) is 3.06. The van der Waals surface area contributed by atoms with Crippen molar-refractivity contribution >= 4 is 41.0 Å². The number of rotatable bonds is 8. The first kappa shape index (κ1) is 20.6. The van der Waals surface area contributed by atoms with Crippen LogP contribution in [0.15, 0.2) is 58.6 Å². The van der Waals surface area contributed by atoms with E-state index in [9.17, 15) is 4.79 Å². The zero-order valence-corrected chi connectivity index (χ0v) is 17.7. The molecular weight excluding hydrogens is 414 g/mol. The van der Waals surface area contributed by atoms with Crippen LogP contribution in [0.2, 0.25) is 5.02 Å². The summed E-state index contributed by atoms with van der Waals surface area (Å²) in [6.45, 7) is 2.66. The number of amides is 1. The summed E-state index contributed by atoms with van der Waals surface area (Å²) in [6.07, 6.45) is 0. The number of aromatic nitrogens is 3. The number of thioether (sulfide) groups is 2. The van der Waals surface area contributed by atoms with Gasteiger partial charge in [0.2, 0.25) is 11.1 Å². The molecule has 3 aromatic rings. The predicted molar refractivity (Wildman–Crippen MR) is 116 cm³/mol. The third-order valence-electron chi connectivity index (χ3n) is 3.83. The van der Waals surface area contributed by atoms with Crippen molar-refractivity contribution in [2.75, 3.05) is 23.9 Å². The second-order valence-electron chi connectivity index (χ2n) is 5.96. The lowest BCUT2D eigenvalue weighted by molar-refractivity contribution is -0.118. The lowest BCUT2D eigenvalue weighted by Gasteiger charge is -2.06. The molecule has 1 aromatic heterocycles. The van der Waals surface area contributed by atoms with E-state index in [0.29, 0.717) is 28.1 Å². The van der Waals surface area contributed by atoms with E-state index in [1.54, 1.807) is 17.8 Å².